The molecule has 0 aliphatic heterocycles. The van der Waals surface area contributed by atoms with E-state index in [0.29, 0.717) is 0 Å². The molecule has 0 unspecified atom stereocenters. The van der Waals surface area contributed by atoms with Gasteiger partial charge in [0.2, 0.25) is 0 Å². The molecule has 0 saturated carbocycles. The molecule has 16 heavy (non-hydrogen) atoms. The average Bonchev–Trinajstić information content (AvgIpc) is 2.77. The standard InChI is InChI=1S/C14H14N2/c1-3-12-5-7-13(8-6-12)11-16-10-9-15-14(16)4-2/h3-10H,1-2,11H2/p+1. The Kier molecular flexibility index (Phi) is 3.01. The minimum absolute atomic E-state index is 0.849. The van der Waals surface area contributed by atoms with E-state index < -0.39 is 0 Å². The van der Waals surface area contributed by atoms with E-state index in [0.717, 1.165) is 17.9 Å². The van der Waals surface area contributed by atoms with E-state index >= 15 is 0 Å². The van der Waals surface area contributed by atoms with Crippen LogP contribution in [0.5, 0.6) is 0 Å². The van der Waals surface area contributed by atoms with Gasteiger partial charge in [-0.2, -0.15) is 0 Å². The molecule has 1 N–H and O–H groups in total. The van der Waals surface area contributed by atoms with Crippen molar-refractivity contribution in [3.63, 3.8) is 0 Å². The highest BCUT2D eigenvalue weighted by Crippen LogP contribution is 2.05. The van der Waals surface area contributed by atoms with Crippen LogP contribution in [0, 0.1) is 0 Å². The van der Waals surface area contributed by atoms with Crippen molar-refractivity contribution in [1.29, 1.82) is 0 Å². The topological polar surface area (TPSA) is 19.7 Å². The van der Waals surface area contributed by atoms with Crippen LogP contribution < -0.4 is 4.57 Å². The SMILES string of the molecule is C=Cc1ccc(C[n+]2cc[nH]c2C=C)cc1. The summed E-state index contributed by atoms with van der Waals surface area (Å²) in [4.78, 5) is 3.13. The maximum Gasteiger partial charge on any atom is 0.278 e. The third-order valence-corrected chi connectivity index (χ3v) is 2.56. The van der Waals surface area contributed by atoms with Gasteiger partial charge in [-0.25, -0.2) is 9.55 Å². The molecular weight excluding hydrogens is 196 g/mol. The third-order valence-electron chi connectivity index (χ3n) is 2.56. The maximum atomic E-state index is 3.77. The molecule has 80 valence electrons. The van der Waals surface area contributed by atoms with E-state index in [1.54, 1.807) is 0 Å². The summed E-state index contributed by atoms with van der Waals surface area (Å²) < 4.78 is 2.12. The summed E-state index contributed by atoms with van der Waals surface area (Å²) in [6, 6.07) is 8.38. The Morgan fingerprint density at radius 2 is 1.88 bits per heavy atom. The number of hydrogen-bond donors (Lipinski definition) is 1. The number of imidazole rings is 1. The smallest absolute Gasteiger partial charge is 0.244 e. The van der Waals surface area contributed by atoms with Gasteiger partial charge in [-0.15, -0.1) is 0 Å². The van der Waals surface area contributed by atoms with Gasteiger partial charge in [0.1, 0.15) is 18.9 Å². The van der Waals surface area contributed by atoms with Crippen molar-refractivity contribution in [3.8, 4) is 0 Å². The van der Waals surface area contributed by atoms with Crippen molar-refractivity contribution in [1.82, 2.24) is 4.98 Å². The molecule has 0 spiro atoms. The monoisotopic (exact) mass is 211 g/mol. The second kappa shape index (κ2) is 4.62. The molecule has 0 fully saturated rings. The zero-order valence-corrected chi connectivity index (χ0v) is 9.19. The first kappa shape index (κ1) is 10.4. The fourth-order valence-corrected chi connectivity index (χ4v) is 1.65. The summed E-state index contributed by atoms with van der Waals surface area (Å²) in [5.74, 6) is 1.02. The Balaban J connectivity index is 2.20. The number of H-pyrrole nitrogens is 1. The molecule has 1 aromatic carbocycles. The largest absolute Gasteiger partial charge is 0.278 e. The van der Waals surface area contributed by atoms with Crippen molar-refractivity contribution in [2.45, 2.75) is 6.54 Å². The zero-order valence-electron chi connectivity index (χ0n) is 9.19. The minimum Gasteiger partial charge on any atom is -0.244 e. The Hall–Kier alpha value is -2.09. The van der Waals surface area contributed by atoms with Crippen LogP contribution in [0.1, 0.15) is 17.0 Å². The number of aromatic amines is 1. The summed E-state index contributed by atoms with van der Waals surface area (Å²) in [6.07, 6.45) is 7.59. The third kappa shape index (κ3) is 2.11. The Bertz CT molecular complexity index is 492. The maximum absolute atomic E-state index is 3.77. The van der Waals surface area contributed by atoms with Crippen molar-refractivity contribution in [3.05, 3.63) is 66.8 Å². The van der Waals surface area contributed by atoms with Gasteiger partial charge in [0.25, 0.3) is 5.82 Å². The van der Waals surface area contributed by atoms with Gasteiger partial charge in [0.15, 0.2) is 0 Å². The highest BCUT2D eigenvalue weighted by molar-refractivity contribution is 5.47. The number of hydrogen-bond acceptors (Lipinski definition) is 0. The summed E-state index contributed by atoms with van der Waals surface area (Å²) in [7, 11) is 0. The molecular formula is C14H15N2+. The van der Waals surface area contributed by atoms with Gasteiger partial charge in [-0.05, 0) is 11.1 Å². The quantitative estimate of drug-likeness (QED) is 0.750. The fraction of sp³-hybridized carbons (Fsp3) is 0.0714. The van der Waals surface area contributed by atoms with Crippen LogP contribution >= 0.6 is 0 Å². The Morgan fingerprint density at radius 1 is 1.12 bits per heavy atom. The molecule has 2 nitrogen and oxygen atoms in total. The number of nitrogens with zero attached hydrogens (tertiary/aromatic N) is 1. The van der Waals surface area contributed by atoms with Crippen LogP contribution in [0.2, 0.25) is 0 Å². The summed E-state index contributed by atoms with van der Waals surface area (Å²) in [5, 5.41) is 0. The first-order chi connectivity index (χ1) is 7.83. The first-order valence-electron chi connectivity index (χ1n) is 5.24. The summed E-state index contributed by atoms with van der Waals surface area (Å²) >= 11 is 0. The van der Waals surface area contributed by atoms with Gasteiger partial charge in [0, 0.05) is 6.08 Å². The van der Waals surface area contributed by atoms with Crippen LogP contribution in [0.4, 0.5) is 0 Å². The van der Waals surface area contributed by atoms with Crippen LogP contribution in [0.25, 0.3) is 12.2 Å². The molecule has 0 atom stereocenters. The molecule has 0 saturated heterocycles. The number of aromatic nitrogens is 2. The average molecular weight is 211 g/mol. The number of rotatable bonds is 4. The van der Waals surface area contributed by atoms with E-state index in [-0.39, 0.29) is 0 Å². The Labute approximate surface area is 95.6 Å². The second-order valence-corrected chi connectivity index (χ2v) is 3.62. The van der Waals surface area contributed by atoms with E-state index in [9.17, 15) is 0 Å². The lowest BCUT2D eigenvalue weighted by Crippen LogP contribution is -2.34. The van der Waals surface area contributed by atoms with Crippen molar-refractivity contribution < 1.29 is 4.57 Å². The number of nitrogens with one attached hydrogen (secondary N) is 1. The summed E-state index contributed by atoms with van der Waals surface area (Å²) in [6.45, 7) is 8.36. The molecule has 2 aromatic rings. The van der Waals surface area contributed by atoms with E-state index in [1.165, 1.54) is 5.56 Å². The van der Waals surface area contributed by atoms with Crippen molar-refractivity contribution in [2.24, 2.45) is 0 Å². The lowest BCUT2D eigenvalue weighted by atomic mass is 10.1. The van der Waals surface area contributed by atoms with Gasteiger partial charge in [0.05, 0.1) is 0 Å². The number of benzene rings is 1. The highest BCUT2D eigenvalue weighted by atomic mass is 15.0. The van der Waals surface area contributed by atoms with E-state index in [2.05, 4.69) is 47.0 Å². The predicted molar refractivity (Wildman–Crippen MR) is 66.7 cm³/mol. The molecule has 0 amide bonds. The normalized spacial score (nSPS) is 10.0. The zero-order chi connectivity index (χ0) is 11.4. The molecule has 1 aromatic heterocycles. The fourth-order valence-electron chi connectivity index (χ4n) is 1.65. The van der Waals surface area contributed by atoms with Crippen LogP contribution in [0.3, 0.4) is 0 Å². The lowest BCUT2D eigenvalue weighted by molar-refractivity contribution is -0.688. The second-order valence-electron chi connectivity index (χ2n) is 3.62. The lowest BCUT2D eigenvalue weighted by Gasteiger charge is -2.00. The first-order valence-corrected chi connectivity index (χ1v) is 5.24. The highest BCUT2D eigenvalue weighted by Gasteiger charge is 2.06. The Morgan fingerprint density at radius 3 is 2.50 bits per heavy atom. The molecule has 0 aliphatic carbocycles. The molecule has 1 heterocycles. The van der Waals surface area contributed by atoms with Crippen LogP contribution in [0.15, 0.2) is 49.8 Å². The van der Waals surface area contributed by atoms with Gasteiger partial charge < -0.3 is 0 Å². The predicted octanol–water partition coefficient (Wildman–Crippen LogP) is 2.64. The molecule has 2 rings (SSSR count). The van der Waals surface area contributed by atoms with E-state index in [4.69, 9.17) is 0 Å². The minimum atomic E-state index is 0.849. The molecule has 0 radical (unpaired) electrons. The molecule has 0 aliphatic rings. The molecule has 0 bridgehead atoms. The molecule has 2 heteroatoms. The van der Waals surface area contributed by atoms with E-state index in [1.807, 2.05) is 24.5 Å². The van der Waals surface area contributed by atoms with Gasteiger partial charge in [-0.3, -0.25) is 0 Å². The van der Waals surface area contributed by atoms with Crippen LogP contribution in [-0.2, 0) is 6.54 Å². The summed E-state index contributed by atoms with van der Waals surface area (Å²) in [5.41, 5.74) is 2.41. The van der Waals surface area contributed by atoms with Gasteiger partial charge in [-0.1, -0.05) is 43.5 Å². The van der Waals surface area contributed by atoms with Crippen molar-refractivity contribution >= 4 is 12.2 Å². The van der Waals surface area contributed by atoms with Crippen LogP contribution in [-0.4, -0.2) is 4.98 Å². The van der Waals surface area contributed by atoms with Crippen molar-refractivity contribution in [2.75, 3.05) is 0 Å². The van der Waals surface area contributed by atoms with Gasteiger partial charge >= 0.3 is 0 Å².